The Balaban J connectivity index is 2.68. The van der Waals surface area contributed by atoms with Crippen molar-refractivity contribution in [3.05, 3.63) is 0 Å². The second kappa shape index (κ2) is 4.43. The smallest absolute Gasteiger partial charge is 0.150 e. The summed E-state index contributed by atoms with van der Waals surface area (Å²) in [5.41, 5.74) is 0. The van der Waals surface area contributed by atoms with Gasteiger partial charge in [0.15, 0.2) is 0 Å². The third-order valence-corrected chi connectivity index (χ3v) is 1.42. The van der Waals surface area contributed by atoms with E-state index in [0.29, 0.717) is 0 Å². The molecule has 1 atom stereocenters. The average molecular weight is 122 g/mol. The van der Waals surface area contributed by atoms with Gasteiger partial charge in [0.2, 0.25) is 0 Å². The maximum Gasteiger partial charge on any atom is 0.150 e. The summed E-state index contributed by atoms with van der Waals surface area (Å²) in [6.45, 7) is 0.788. The van der Waals surface area contributed by atoms with Gasteiger partial charge in [-0.3, -0.25) is 0 Å². The molecule has 2 nitrogen and oxygen atoms in total. The van der Waals surface area contributed by atoms with Gasteiger partial charge >= 0.3 is 0 Å². The Morgan fingerprint density at radius 3 is 2.43 bits per heavy atom. The minimum Gasteiger partial charge on any atom is -0.380 e. The number of rotatable bonds is 3. The number of hydrogen-bond donors (Lipinski definition) is 1. The van der Waals surface area contributed by atoms with Gasteiger partial charge in [-0.25, -0.2) is 0 Å². The SMILES string of the molecule is COCC[S+](C)N. The van der Waals surface area contributed by atoms with E-state index < -0.39 is 0 Å². The standard InChI is InChI=1S/C4H12NOS/c1-6-3-4-7(2)5/h3-5H2,1-2H3/q+1. The van der Waals surface area contributed by atoms with Crippen molar-refractivity contribution in [2.45, 2.75) is 0 Å². The summed E-state index contributed by atoms with van der Waals surface area (Å²) >= 11 is 0.0596. The molecule has 0 fully saturated rings. The molecule has 0 amide bonds. The van der Waals surface area contributed by atoms with Crippen molar-refractivity contribution in [3.63, 3.8) is 0 Å². The van der Waals surface area contributed by atoms with Gasteiger partial charge in [-0.05, 0) is 0 Å². The van der Waals surface area contributed by atoms with Crippen LogP contribution in [0.1, 0.15) is 0 Å². The summed E-state index contributed by atoms with van der Waals surface area (Å²) in [5.74, 6) is 0.983. The third kappa shape index (κ3) is 6.27. The first-order valence-corrected chi connectivity index (χ1v) is 3.99. The molecule has 0 aromatic carbocycles. The first-order chi connectivity index (χ1) is 3.27. The van der Waals surface area contributed by atoms with E-state index in [1.807, 2.05) is 6.26 Å². The Morgan fingerprint density at radius 1 is 1.71 bits per heavy atom. The molecule has 0 aromatic heterocycles. The number of methoxy groups -OCH3 is 1. The van der Waals surface area contributed by atoms with Crippen molar-refractivity contribution in [1.82, 2.24) is 0 Å². The van der Waals surface area contributed by atoms with Crippen molar-refractivity contribution < 1.29 is 4.74 Å². The highest BCUT2D eigenvalue weighted by Crippen LogP contribution is 1.76. The van der Waals surface area contributed by atoms with E-state index in [0.717, 1.165) is 12.4 Å². The average Bonchev–Trinajstić information content (AvgIpc) is 1.61. The molecule has 0 aliphatic rings. The summed E-state index contributed by atoms with van der Waals surface area (Å²) in [6.07, 6.45) is 2.00. The number of hydrogen-bond acceptors (Lipinski definition) is 2. The first-order valence-electron chi connectivity index (χ1n) is 2.13. The predicted octanol–water partition coefficient (Wildman–Crippen LogP) is -0.245. The largest absolute Gasteiger partial charge is 0.380 e. The molecule has 0 aliphatic heterocycles. The molecule has 7 heavy (non-hydrogen) atoms. The Bertz CT molecular complexity index is 40.7. The Kier molecular flexibility index (Phi) is 4.60. The van der Waals surface area contributed by atoms with Gasteiger partial charge in [0.1, 0.15) is 12.0 Å². The summed E-state index contributed by atoms with van der Waals surface area (Å²) in [6, 6.07) is 0. The van der Waals surface area contributed by atoms with Gasteiger partial charge in [-0.2, -0.15) is 5.14 Å². The summed E-state index contributed by atoms with van der Waals surface area (Å²) < 4.78 is 4.78. The van der Waals surface area contributed by atoms with E-state index in [1.54, 1.807) is 7.11 Å². The van der Waals surface area contributed by atoms with E-state index in [2.05, 4.69) is 0 Å². The van der Waals surface area contributed by atoms with Gasteiger partial charge < -0.3 is 4.74 Å². The van der Waals surface area contributed by atoms with E-state index in [9.17, 15) is 0 Å². The van der Waals surface area contributed by atoms with Crippen LogP contribution in [0.4, 0.5) is 0 Å². The van der Waals surface area contributed by atoms with Crippen LogP contribution >= 0.6 is 0 Å². The van der Waals surface area contributed by atoms with E-state index in [-0.39, 0.29) is 11.1 Å². The highest BCUT2D eigenvalue weighted by molar-refractivity contribution is 7.94. The second-order valence-corrected chi connectivity index (χ2v) is 3.18. The molecule has 0 aliphatic carbocycles. The molecular weight excluding hydrogens is 110 g/mol. The molecule has 0 saturated carbocycles. The van der Waals surface area contributed by atoms with Crippen LogP contribution in [0.25, 0.3) is 0 Å². The zero-order valence-electron chi connectivity index (χ0n) is 4.81. The Morgan fingerprint density at radius 2 is 2.29 bits per heavy atom. The minimum atomic E-state index is 0.0596. The molecule has 0 rings (SSSR count). The molecule has 3 heteroatoms. The Labute approximate surface area is 47.5 Å². The van der Waals surface area contributed by atoms with Crippen LogP contribution in [-0.4, -0.2) is 25.7 Å². The van der Waals surface area contributed by atoms with Crippen LogP contribution in [0.3, 0.4) is 0 Å². The fourth-order valence-electron chi connectivity index (χ4n) is 0.215. The van der Waals surface area contributed by atoms with E-state index in [1.165, 1.54) is 0 Å². The molecule has 0 spiro atoms. The summed E-state index contributed by atoms with van der Waals surface area (Å²) in [5, 5.41) is 5.43. The molecule has 0 bridgehead atoms. The van der Waals surface area contributed by atoms with Gasteiger partial charge in [0, 0.05) is 7.11 Å². The highest BCUT2D eigenvalue weighted by atomic mass is 32.2. The zero-order valence-corrected chi connectivity index (χ0v) is 5.62. The number of nitrogens with two attached hydrogens (primary N) is 1. The van der Waals surface area contributed by atoms with Crippen molar-refractivity contribution in [2.75, 3.05) is 25.7 Å². The molecule has 44 valence electrons. The molecule has 0 radical (unpaired) electrons. The lowest BCUT2D eigenvalue weighted by Gasteiger charge is -1.91. The predicted molar refractivity (Wildman–Crippen MR) is 34.2 cm³/mol. The van der Waals surface area contributed by atoms with E-state index in [4.69, 9.17) is 9.88 Å². The molecule has 0 saturated heterocycles. The molecule has 0 aromatic rings. The fraction of sp³-hybridized carbons (Fsp3) is 1.00. The van der Waals surface area contributed by atoms with Crippen LogP contribution in [0.5, 0.6) is 0 Å². The van der Waals surface area contributed by atoms with Gasteiger partial charge in [-0.15, -0.1) is 0 Å². The normalized spacial score (nSPS) is 14.1. The molecule has 2 N–H and O–H groups in total. The zero-order chi connectivity index (χ0) is 5.70. The topological polar surface area (TPSA) is 35.2 Å². The summed E-state index contributed by atoms with van der Waals surface area (Å²) in [4.78, 5) is 0. The maximum atomic E-state index is 5.43. The Hall–Kier alpha value is 0.270. The monoisotopic (exact) mass is 122 g/mol. The maximum absolute atomic E-state index is 5.43. The lowest BCUT2D eigenvalue weighted by molar-refractivity contribution is 0.218. The fourth-order valence-corrected chi connectivity index (χ4v) is 0.644. The van der Waals surface area contributed by atoms with Crippen LogP contribution in [0, 0.1) is 0 Å². The van der Waals surface area contributed by atoms with Gasteiger partial charge in [0.25, 0.3) is 0 Å². The quantitative estimate of drug-likeness (QED) is 0.524. The van der Waals surface area contributed by atoms with E-state index >= 15 is 0 Å². The van der Waals surface area contributed by atoms with Gasteiger partial charge in [0.05, 0.1) is 17.7 Å². The molecular formula is C4H12NOS+. The van der Waals surface area contributed by atoms with Crippen LogP contribution in [-0.2, 0) is 15.8 Å². The van der Waals surface area contributed by atoms with Crippen LogP contribution in [0.2, 0.25) is 0 Å². The van der Waals surface area contributed by atoms with Crippen LogP contribution in [0.15, 0.2) is 0 Å². The van der Waals surface area contributed by atoms with Crippen molar-refractivity contribution in [1.29, 1.82) is 0 Å². The lowest BCUT2D eigenvalue weighted by atomic mass is 10.9. The second-order valence-electron chi connectivity index (χ2n) is 1.39. The summed E-state index contributed by atoms with van der Waals surface area (Å²) in [7, 11) is 1.69. The number of ether oxygens (including phenoxy) is 1. The first kappa shape index (κ1) is 7.27. The van der Waals surface area contributed by atoms with Crippen molar-refractivity contribution in [3.8, 4) is 0 Å². The third-order valence-electron chi connectivity index (χ3n) is 0.609. The highest BCUT2D eigenvalue weighted by Gasteiger charge is 1.99. The lowest BCUT2D eigenvalue weighted by Crippen LogP contribution is -2.18. The van der Waals surface area contributed by atoms with Crippen LogP contribution < -0.4 is 5.14 Å². The van der Waals surface area contributed by atoms with Crippen molar-refractivity contribution >= 4 is 11.1 Å². The van der Waals surface area contributed by atoms with Gasteiger partial charge in [-0.1, -0.05) is 0 Å². The minimum absolute atomic E-state index is 0.0596. The molecule has 1 unspecified atom stereocenters. The van der Waals surface area contributed by atoms with Crippen molar-refractivity contribution in [2.24, 2.45) is 5.14 Å². The molecule has 0 heterocycles.